The number of likely N-dealkylation sites (tertiary alicyclic amines) is 2. The molecule has 8 heteroatoms. The van der Waals surface area contributed by atoms with Crippen molar-refractivity contribution >= 4 is 17.6 Å². The second-order valence-electron chi connectivity index (χ2n) is 11.5. The Kier molecular flexibility index (Phi) is 6.38. The maximum absolute atomic E-state index is 13.9. The second-order valence-corrected chi connectivity index (χ2v) is 11.5. The first kappa shape index (κ1) is 24.1. The zero-order valence-electron chi connectivity index (χ0n) is 20.9. The van der Waals surface area contributed by atoms with Crippen LogP contribution < -0.4 is 5.32 Å². The van der Waals surface area contributed by atoms with Gasteiger partial charge in [-0.2, -0.15) is 0 Å². The molecule has 0 unspecified atom stereocenters. The first-order valence-corrected chi connectivity index (χ1v) is 13.8. The van der Waals surface area contributed by atoms with E-state index < -0.39 is 23.8 Å². The number of hydrogen-bond donors (Lipinski definition) is 2. The van der Waals surface area contributed by atoms with Gasteiger partial charge in [0.1, 0.15) is 30.4 Å². The molecule has 3 saturated heterocycles. The molecule has 36 heavy (non-hydrogen) atoms. The summed E-state index contributed by atoms with van der Waals surface area (Å²) in [4.78, 5) is 43.8. The van der Waals surface area contributed by atoms with Crippen molar-refractivity contribution in [3.05, 3.63) is 35.4 Å². The number of nitrogens with zero attached hydrogens (tertiary/aromatic N) is 2. The Bertz CT molecular complexity index is 1010. The molecule has 2 aliphatic carbocycles. The average Bonchev–Trinajstić information content (AvgIpc) is 3.61. The molecule has 1 aromatic carbocycles. The quantitative estimate of drug-likeness (QED) is 0.648. The van der Waals surface area contributed by atoms with Crippen LogP contribution in [0.5, 0.6) is 0 Å². The first-order valence-electron chi connectivity index (χ1n) is 13.8. The van der Waals surface area contributed by atoms with Crippen LogP contribution in [0.25, 0.3) is 0 Å². The van der Waals surface area contributed by atoms with E-state index >= 15 is 0 Å². The number of ether oxygens (including phenoxy) is 1. The van der Waals surface area contributed by atoms with Crippen LogP contribution in [0.1, 0.15) is 79.6 Å². The average molecular weight is 496 g/mol. The zero-order chi connectivity index (χ0) is 24.9. The number of fused-ring (bicyclic) bond motifs is 1. The summed E-state index contributed by atoms with van der Waals surface area (Å²) in [5.74, 6) is -0.171. The monoisotopic (exact) mass is 495 g/mol. The molecule has 2 amide bonds. The normalized spacial score (nSPS) is 30.9. The Balaban J connectivity index is 1.15. The number of hydrogen-bond acceptors (Lipinski definition) is 6. The summed E-state index contributed by atoms with van der Waals surface area (Å²) < 4.78 is 5.45. The first-order chi connectivity index (χ1) is 17.4. The van der Waals surface area contributed by atoms with E-state index in [1.165, 1.54) is 23.3 Å². The fourth-order valence-corrected chi connectivity index (χ4v) is 6.90. The molecule has 0 spiro atoms. The third-order valence-electron chi connectivity index (χ3n) is 9.13. The molecule has 5 fully saturated rings. The van der Waals surface area contributed by atoms with E-state index in [1.807, 2.05) is 12.1 Å². The summed E-state index contributed by atoms with van der Waals surface area (Å²) in [5.41, 5.74) is 0.773. The molecule has 3 aliphatic heterocycles. The van der Waals surface area contributed by atoms with Crippen LogP contribution in [-0.4, -0.2) is 88.6 Å². The number of ketones is 1. The molecule has 0 radical (unpaired) electrons. The van der Waals surface area contributed by atoms with Crippen molar-refractivity contribution in [2.24, 2.45) is 0 Å². The van der Waals surface area contributed by atoms with Crippen molar-refractivity contribution in [1.29, 1.82) is 0 Å². The highest BCUT2D eigenvalue weighted by Gasteiger charge is 2.55. The Morgan fingerprint density at radius 3 is 2.36 bits per heavy atom. The fraction of sp³-hybridized carbons (Fsp3) is 0.679. The van der Waals surface area contributed by atoms with Crippen LogP contribution in [0.15, 0.2) is 24.3 Å². The summed E-state index contributed by atoms with van der Waals surface area (Å²) in [6, 6.07) is 7.95. The van der Waals surface area contributed by atoms with Crippen molar-refractivity contribution in [2.75, 3.05) is 26.2 Å². The van der Waals surface area contributed by atoms with Crippen molar-refractivity contribution in [1.82, 2.24) is 15.1 Å². The lowest BCUT2D eigenvalue weighted by Crippen LogP contribution is -2.62. The standard InChI is InChI=1S/C28H37N3O5/c32-22-16-31(24-23(33)17-36-25(22)24)27(35)28(12-2-1-3-13-28)29-26(34)20-6-4-18(5-7-20)19-10-14-30(15-11-19)21-8-9-21/h4-7,19,21-22,24-25,32H,1-3,8-17H2,(H,29,34)/t22-,24+,25+/m0/s1. The van der Waals surface area contributed by atoms with E-state index in [2.05, 4.69) is 22.3 Å². The summed E-state index contributed by atoms with van der Waals surface area (Å²) in [7, 11) is 0. The Hall–Kier alpha value is -2.29. The number of aliphatic hydroxyl groups is 1. The number of aliphatic hydroxyl groups excluding tert-OH is 1. The molecule has 3 atom stereocenters. The van der Waals surface area contributed by atoms with Crippen LogP contribution in [0, 0.1) is 0 Å². The number of nitrogens with one attached hydrogen (secondary N) is 1. The van der Waals surface area contributed by atoms with Gasteiger partial charge in [-0.25, -0.2) is 0 Å². The predicted molar refractivity (Wildman–Crippen MR) is 133 cm³/mol. The van der Waals surface area contributed by atoms with Crippen molar-refractivity contribution in [2.45, 2.75) is 93.5 Å². The molecule has 6 rings (SSSR count). The topological polar surface area (TPSA) is 99.2 Å². The number of piperidine rings is 1. The number of carbonyl (C=O) groups is 3. The number of rotatable bonds is 5. The van der Waals surface area contributed by atoms with Gasteiger partial charge >= 0.3 is 0 Å². The minimum Gasteiger partial charge on any atom is -0.388 e. The Morgan fingerprint density at radius 1 is 1.00 bits per heavy atom. The number of Topliss-reactive ketones (excluding diaryl/α,β-unsaturated/α-hetero) is 1. The lowest BCUT2D eigenvalue weighted by atomic mass is 9.80. The highest BCUT2D eigenvalue weighted by Crippen LogP contribution is 2.36. The minimum atomic E-state index is -1.05. The molecular formula is C28H37N3O5. The highest BCUT2D eigenvalue weighted by atomic mass is 16.5. The lowest BCUT2D eigenvalue weighted by Gasteiger charge is -2.40. The van der Waals surface area contributed by atoms with Crippen LogP contribution in [0.4, 0.5) is 0 Å². The molecule has 0 aromatic heterocycles. The predicted octanol–water partition coefficient (Wildman–Crippen LogP) is 2.00. The second kappa shape index (κ2) is 9.54. The van der Waals surface area contributed by atoms with Crippen LogP contribution >= 0.6 is 0 Å². The van der Waals surface area contributed by atoms with Gasteiger partial charge in [-0.1, -0.05) is 31.4 Å². The maximum atomic E-state index is 13.9. The van der Waals surface area contributed by atoms with Crippen molar-refractivity contribution in [3.8, 4) is 0 Å². The summed E-state index contributed by atoms with van der Waals surface area (Å²) in [6.07, 6.45) is 7.21. The molecule has 5 aliphatic rings. The van der Waals surface area contributed by atoms with Crippen molar-refractivity contribution < 1.29 is 24.2 Å². The fourth-order valence-electron chi connectivity index (χ4n) is 6.90. The lowest BCUT2D eigenvalue weighted by molar-refractivity contribution is -0.143. The van der Waals surface area contributed by atoms with E-state index in [9.17, 15) is 19.5 Å². The Morgan fingerprint density at radius 2 is 1.69 bits per heavy atom. The minimum absolute atomic E-state index is 0.0613. The van der Waals surface area contributed by atoms with E-state index in [0.29, 0.717) is 24.3 Å². The third kappa shape index (κ3) is 4.37. The molecule has 1 aromatic rings. The molecule has 2 N–H and O–H groups in total. The largest absolute Gasteiger partial charge is 0.388 e. The highest BCUT2D eigenvalue weighted by molar-refractivity contribution is 6.01. The zero-order valence-corrected chi connectivity index (χ0v) is 20.9. The van der Waals surface area contributed by atoms with E-state index in [1.54, 1.807) is 0 Å². The van der Waals surface area contributed by atoms with Gasteiger partial charge in [-0.05, 0) is 75.2 Å². The number of amides is 2. The summed E-state index contributed by atoms with van der Waals surface area (Å²) in [6.45, 7) is 2.29. The SMILES string of the molecule is O=C(NC1(C(=O)N2C[C@H](O)[C@H]3OCC(=O)[C@H]32)CCCCC1)c1ccc(C2CCN(C3CC3)CC2)cc1. The summed E-state index contributed by atoms with van der Waals surface area (Å²) >= 11 is 0. The molecular weight excluding hydrogens is 458 g/mol. The van der Waals surface area contributed by atoms with Gasteiger partial charge < -0.3 is 25.0 Å². The van der Waals surface area contributed by atoms with Gasteiger partial charge in [-0.15, -0.1) is 0 Å². The van der Waals surface area contributed by atoms with E-state index in [0.717, 1.165) is 51.2 Å². The molecule has 0 bridgehead atoms. The van der Waals surface area contributed by atoms with Crippen LogP contribution in [-0.2, 0) is 14.3 Å². The van der Waals surface area contributed by atoms with Gasteiger partial charge in [0.15, 0.2) is 5.78 Å². The van der Waals surface area contributed by atoms with E-state index in [-0.39, 0.29) is 30.7 Å². The summed E-state index contributed by atoms with van der Waals surface area (Å²) in [5, 5.41) is 13.5. The Labute approximate surface area is 212 Å². The third-order valence-corrected chi connectivity index (χ3v) is 9.13. The molecule has 3 heterocycles. The van der Waals surface area contributed by atoms with E-state index in [4.69, 9.17) is 4.74 Å². The van der Waals surface area contributed by atoms with Crippen molar-refractivity contribution in [3.63, 3.8) is 0 Å². The number of benzene rings is 1. The molecule has 8 nitrogen and oxygen atoms in total. The van der Waals surface area contributed by atoms with Crippen LogP contribution in [0.2, 0.25) is 0 Å². The van der Waals surface area contributed by atoms with Crippen LogP contribution in [0.3, 0.4) is 0 Å². The van der Waals surface area contributed by atoms with Gasteiger partial charge in [0.05, 0.1) is 6.54 Å². The maximum Gasteiger partial charge on any atom is 0.252 e. The molecule has 194 valence electrons. The smallest absolute Gasteiger partial charge is 0.252 e. The van der Waals surface area contributed by atoms with Gasteiger partial charge in [0, 0.05) is 11.6 Å². The van der Waals surface area contributed by atoms with Gasteiger partial charge in [0.2, 0.25) is 5.91 Å². The molecule has 2 saturated carbocycles. The van der Waals surface area contributed by atoms with Gasteiger partial charge in [-0.3, -0.25) is 14.4 Å². The van der Waals surface area contributed by atoms with Gasteiger partial charge in [0.25, 0.3) is 5.91 Å². The number of β-amino-alcohol motifs (C(OH)–C–C–N with tert-alkyl or cyclic N) is 1. The number of carbonyl (C=O) groups excluding carboxylic acids is 3.